The SMILES string of the molecule is C[C@@H]1CC[C@H](C(=O)N2CCC[C@@H](NC(=O)c3ccc4[nH]ncc4c3)[C@H]2C)O1. The van der Waals surface area contributed by atoms with Crippen LogP contribution in [0.3, 0.4) is 0 Å². The molecule has 2 aliphatic rings. The van der Waals surface area contributed by atoms with Gasteiger partial charge in [0.15, 0.2) is 0 Å². The Hall–Kier alpha value is -2.41. The van der Waals surface area contributed by atoms with Crippen molar-refractivity contribution in [3.63, 3.8) is 0 Å². The van der Waals surface area contributed by atoms with Gasteiger partial charge >= 0.3 is 0 Å². The van der Waals surface area contributed by atoms with Gasteiger partial charge in [-0.2, -0.15) is 5.10 Å². The molecule has 7 nitrogen and oxygen atoms in total. The number of amides is 2. The van der Waals surface area contributed by atoms with Gasteiger partial charge in [-0.1, -0.05) is 0 Å². The van der Waals surface area contributed by atoms with Crippen molar-refractivity contribution in [1.82, 2.24) is 20.4 Å². The lowest BCUT2D eigenvalue weighted by atomic mass is 9.96. The highest BCUT2D eigenvalue weighted by atomic mass is 16.5. The highest BCUT2D eigenvalue weighted by Gasteiger charge is 2.38. The molecule has 4 rings (SSSR count). The van der Waals surface area contributed by atoms with Gasteiger partial charge in [0.2, 0.25) is 0 Å². The summed E-state index contributed by atoms with van der Waals surface area (Å²) < 4.78 is 5.76. The minimum absolute atomic E-state index is 0.0487. The molecule has 0 aliphatic carbocycles. The van der Waals surface area contributed by atoms with Gasteiger partial charge in [-0.3, -0.25) is 14.7 Å². The van der Waals surface area contributed by atoms with Gasteiger partial charge in [-0.05, 0) is 57.7 Å². The number of hydrogen-bond acceptors (Lipinski definition) is 4. The number of rotatable bonds is 3. The molecule has 1 aromatic heterocycles. The fourth-order valence-electron chi connectivity index (χ4n) is 4.15. The zero-order valence-electron chi connectivity index (χ0n) is 15.8. The monoisotopic (exact) mass is 370 g/mol. The van der Waals surface area contributed by atoms with Gasteiger partial charge in [-0.25, -0.2) is 0 Å². The Morgan fingerprint density at radius 2 is 2.11 bits per heavy atom. The van der Waals surface area contributed by atoms with E-state index in [0.717, 1.165) is 43.1 Å². The first-order valence-corrected chi connectivity index (χ1v) is 9.73. The number of aromatic amines is 1. The number of nitrogens with zero attached hydrogens (tertiary/aromatic N) is 2. The highest BCUT2D eigenvalue weighted by Crippen LogP contribution is 2.25. The van der Waals surface area contributed by atoms with Gasteiger partial charge in [0.25, 0.3) is 11.8 Å². The van der Waals surface area contributed by atoms with Crippen LogP contribution < -0.4 is 5.32 Å². The summed E-state index contributed by atoms with van der Waals surface area (Å²) in [6, 6.07) is 5.37. The minimum atomic E-state index is -0.333. The lowest BCUT2D eigenvalue weighted by molar-refractivity contribution is -0.146. The van der Waals surface area contributed by atoms with E-state index in [0.29, 0.717) is 5.56 Å². The number of H-pyrrole nitrogens is 1. The molecule has 2 aliphatic heterocycles. The van der Waals surface area contributed by atoms with Crippen LogP contribution in [0.15, 0.2) is 24.4 Å². The summed E-state index contributed by atoms with van der Waals surface area (Å²) >= 11 is 0. The first kappa shape index (κ1) is 18.0. The molecule has 2 amide bonds. The maximum absolute atomic E-state index is 12.9. The van der Waals surface area contributed by atoms with Gasteiger partial charge in [-0.15, -0.1) is 0 Å². The van der Waals surface area contributed by atoms with Crippen LogP contribution >= 0.6 is 0 Å². The molecule has 2 fully saturated rings. The van der Waals surface area contributed by atoms with Crippen LogP contribution in [-0.4, -0.2) is 57.7 Å². The number of fused-ring (bicyclic) bond motifs is 1. The van der Waals surface area contributed by atoms with Crippen LogP contribution in [0.1, 0.15) is 49.9 Å². The molecule has 0 unspecified atom stereocenters. The molecule has 0 radical (unpaired) electrons. The second-order valence-electron chi connectivity index (χ2n) is 7.68. The summed E-state index contributed by atoms with van der Waals surface area (Å²) in [5.74, 6) is -0.0550. The number of likely N-dealkylation sites (tertiary alicyclic amines) is 1. The molecule has 0 spiro atoms. The number of carbonyl (C=O) groups excluding carboxylic acids is 2. The Bertz CT molecular complexity index is 849. The zero-order valence-corrected chi connectivity index (χ0v) is 15.8. The average Bonchev–Trinajstić information content (AvgIpc) is 3.31. The molecule has 0 saturated carbocycles. The number of hydrogen-bond donors (Lipinski definition) is 2. The predicted octanol–water partition coefficient (Wildman–Crippen LogP) is 2.24. The molecule has 7 heteroatoms. The smallest absolute Gasteiger partial charge is 0.252 e. The third kappa shape index (κ3) is 3.56. The summed E-state index contributed by atoms with van der Waals surface area (Å²) in [5.41, 5.74) is 1.51. The molecule has 27 heavy (non-hydrogen) atoms. The standard InChI is InChI=1S/C20H26N4O3/c1-12-5-8-18(27-12)20(26)24-9-3-4-16(13(24)2)22-19(25)14-6-7-17-15(10-14)11-21-23-17/h6-7,10-13,16,18H,3-5,8-9H2,1-2H3,(H,21,23)(H,22,25)/t12-,13-,16-,18-/m1/s1. The van der Waals surface area contributed by atoms with Gasteiger partial charge < -0.3 is 15.0 Å². The molecule has 2 saturated heterocycles. The van der Waals surface area contributed by atoms with Gasteiger partial charge in [0, 0.05) is 29.6 Å². The Balaban J connectivity index is 1.43. The lowest BCUT2D eigenvalue weighted by Gasteiger charge is -2.40. The van der Waals surface area contributed by atoms with Crippen molar-refractivity contribution >= 4 is 22.7 Å². The molecule has 3 heterocycles. The van der Waals surface area contributed by atoms with Gasteiger partial charge in [0.1, 0.15) is 6.10 Å². The van der Waals surface area contributed by atoms with Crippen LogP contribution in [0.5, 0.6) is 0 Å². The van der Waals surface area contributed by atoms with E-state index >= 15 is 0 Å². The summed E-state index contributed by atoms with van der Waals surface area (Å²) in [4.78, 5) is 27.5. The van der Waals surface area contributed by atoms with E-state index in [1.54, 1.807) is 12.3 Å². The van der Waals surface area contributed by atoms with E-state index in [9.17, 15) is 9.59 Å². The first-order chi connectivity index (χ1) is 13.0. The second kappa shape index (κ2) is 7.31. The largest absolute Gasteiger partial charge is 0.365 e. The van der Waals surface area contributed by atoms with E-state index in [2.05, 4.69) is 15.5 Å². The molecular formula is C20H26N4O3. The summed E-state index contributed by atoms with van der Waals surface area (Å²) in [7, 11) is 0. The Labute approximate surface area is 158 Å². The normalized spacial score (nSPS) is 28.4. The number of aromatic nitrogens is 2. The van der Waals surface area contributed by atoms with E-state index in [1.807, 2.05) is 30.9 Å². The lowest BCUT2D eigenvalue weighted by Crippen LogP contribution is -2.57. The van der Waals surface area contributed by atoms with Crippen molar-refractivity contribution in [2.45, 2.75) is 63.8 Å². The Kier molecular flexibility index (Phi) is 4.86. The predicted molar refractivity (Wildman–Crippen MR) is 101 cm³/mol. The highest BCUT2D eigenvalue weighted by molar-refractivity contribution is 5.98. The summed E-state index contributed by atoms with van der Waals surface area (Å²) in [6.45, 7) is 4.74. The quantitative estimate of drug-likeness (QED) is 0.867. The fourth-order valence-corrected chi connectivity index (χ4v) is 4.15. The third-order valence-electron chi connectivity index (χ3n) is 5.80. The number of carbonyl (C=O) groups is 2. The molecule has 4 atom stereocenters. The molecule has 0 bridgehead atoms. The van der Waals surface area contributed by atoms with Crippen LogP contribution in [-0.2, 0) is 9.53 Å². The maximum Gasteiger partial charge on any atom is 0.252 e. The van der Waals surface area contributed by atoms with Crippen LogP contribution in [0.2, 0.25) is 0 Å². The molecular weight excluding hydrogens is 344 g/mol. The van der Waals surface area contributed by atoms with Crippen molar-refractivity contribution in [3.05, 3.63) is 30.0 Å². The zero-order chi connectivity index (χ0) is 19.0. The van der Waals surface area contributed by atoms with E-state index in [-0.39, 0.29) is 36.1 Å². The molecule has 2 aromatic rings. The summed E-state index contributed by atoms with van der Waals surface area (Å²) in [5, 5.41) is 10.9. The van der Waals surface area contributed by atoms with Crippen molar-refractivity contribution in [2.75, 3.05) is 6.54 Å². The molecule has 1 aromatic carbocycles. The van der Waals surface area contributed by atoms with Crippen molar-refractivity contribution in [1.29, 1.82) is 0 Å². The first-order valence-electron chi connectivity index (χ1n) is 9.73. The van der Waals surface area contributed by atoms with Crippen molar-refractivity contribution in [2.24, 2.45) is 0 Å². The molecule has 144 valence electrons. The average molecular weight is 370 g/mol. The van der Waals surface area contributed by atoms with E-state index < -0.39 is 0 Å². The second-order valence-corrected chi connectivity index (χ2v) is 7.68. The van der Waals surface area contributed by atoms with E-state index in [4.69, 9.17) is 4.74 Å². The number of piperidine rings is 1. The van der Waals surface area contributed by atoms with Crippen LogP contribution in [0.25, 0.3) is 10.9 Å². The van der Waals surface area contributed by atoms with Gasteiger partial charge in [0.05, 0.1) is 17.8 Å². The van der Waals surface area contributed by atoms with Crippen LogP contribution in [0.4, 0.5) is 0 Å². The molecule has 2 N–H and O–H groups in total. The van der Waals surface area contributed by atoms with Crippen LogP contribution in [0, 0.1) is 0 Å². The summed E-state index contributed by atoms with van der Waals surface area (Å²) in [6.07, 6.45) is 4.97. The van der Waals surface area contributed by atoms with E-state index in [1.165, 1.54) is 0 Å². The maximum atomic E-state index is 12.9. The minimum Gasteiger partial charge on any atom is -0.365 e. The van der Waals surface area contributed by atoms with Crippen molar-refractivity contribution in [3.8, 4) is 0 Å². The fraction of sp³-hybridized carbons (Fsp3) is 0.550. The Morgan fingerprint density at radius 3 is 2.89 bits per heavy atom. The number of benzene rings is 1. The number of nitrogens with one attached hydrogen (secondary N) is 2. The Morgan fingerprint density at radius 1 is 1.26 bits per heavy atom. The van der Waals surface area contributed by atoms with Crippen molar-refractivity contribution < 1.29 is 14.3 Å². The third-order valence-corrected chi connectivity index (χ3v) is 5.80. The topological polar surface area (TPSA) is 87.3 Å². The number of ether oxygens (including phenoxy) is 1.